The summed E-state index contributed by atoms with van der Waals surface area (Å²) in [4.78, 5) is 14.5. The molecule has 1 aliphatic carbocycles. The van der Waals surface area contributed by atoms with Gasteiger partial charge >= 0.3 is 0 Å². The number of sulfonamides is 1. The van der Waals surface area contributed by atoms with Gasteiger partial charge in [-0.1, -0.05) is 13.8 Å². The summed E-state index contributed by atoms with van der Waals surface area (Å²) < 4.78 is 23.0. The fraction of sp³-hybridized carbons (Fsp3) is 0.615. The molecule has 1 aromatic heterocycles. The Bertz CT molecular complexity index is 616. The molecule has 1 saturated carbocycles. The summed E-state index contributed by atoms with van der Waals surface area (Å²) in [6.45, 7) is 6.48. The molecule has 7 heteroatoms. The Hall–Kier alpha value is -0.920. The third kappa shape index (κ3) is 3.21. The Morgan fingerprint density at radius 1 is 1.50 bits per heavy atom. The third-order valence-corrected chi connectivity index (χ3v) is 5.98. The number of nitrogens with zero attached hydrogens (tertiary/aromatic N) is 1. The molecule has 2 N–H and O–H groups in total. The van der Waals surface area contributed by atoms with Crippen LogP contribution in [0.3, 0.4) is 0 Å². The minimum Gasteiger partial charge on any atom is -0.335 e. The fourth-order valence-corrected chi connectivity index (χ4v) is 4.23. The van der Waals surface area contributed by atoms with Crippen molar-refractivity contribution in [2.24, 2.45) is 11.1 Å². The minimum atomic E-state index is -3.75. The minimum absolute atomic E-state index is 0.0788. The highest BCUT2D eigenvalue weighted by molar-refractivity contribution is 7.91. The van der Waals surface area contributed by atoms with Crippen molar-refractivity contribution < 1.29 is 13.2 Å². The predicted octanol–water partition coefficient (Wildman–Crippen LogP) is 1.96. The molecule has 1 aromatic rings. The second kappa shape index (κ2) is 5.46. The molecule has 1 fully saturated rings. The second-order valence-corrected chi connectivity index (χ2v) is 8.33. The summed E-state index contributed by atoms with van der Waals surface area (Å²) in [6, 6.07) is 0.308. The number of hydrogen-bond acceptors (Lipinski definition) is 4. The Balaban J connectivity index is 2.30. The van der Waals surface area contributed by atoms with Gasteiger partial charge in [0, 0.05) is 18.0 Å². The molecule has 0 aromatic carbocycles. The highest BCUT2D eigenvalue weighted by Gasteiger charge is 2.34. The third-order valence-electron chi connectivity index (χ3n) is 3.29. The first kappa shape index (κ1) is 15.5. The summed E-state index contributed by atoms with van der Waals surface area (Å²) >= 11 is 1.02. The topological polar surface area (TPSA) is 80.5 Å². The van der Waals surface area contributed by atoms with E-state index >= 15 is 0 Å². The van der Waals surface area contributed by atoms with E-state index in [4.69, 9.17) is 5.14 Å². The molecule has 2 rings (SSSR count). The first-order valence-electron chi connectivity index (χ1n) is 6.63. The van der Waals surface area contributed by atoms with Crippen LogP contribution in [-0.2, 0) is 10.0 Å². The zero-order chi connectivity index (χ0) is 15.1. The zero-order valence-electron chi connectivity index (χ0n) is 11.9. The molecule has 112 valence electrons. The van der Waals surface area contributed by atoms with Crippen LogP contribution < -0.4 is 5.14 Å². The maximum atomic E-state index is 12.6. The largest absolute Gasteiger partial charge is 0.335 e. The molecule has 0 aliphatic heterocycles. The molecular formula is C13H20N2O3S2. The van der Waals surface area contributed by atoms with Gasteiger partial charge < -0.3 is 4.90 Å². The van der Waals surface area contributed by atoms with E-state index in [-0.39, 0.29) is 10.1 Å². The number of amides is 1. The second-order valence-electron chi connectivity index (χ2n) is 5.69. The molecule has 20 heavy (non-hydrogen) atoms. The first-order valence-corrected chi connectivity index (χ1v) is 9.06. The normalized spacial score (nSPS) is 15.7. The lowest BCUT2D eigenvalue weighted by molar-refractivity contribution is 0.0722. The van der Waals surface area contributed by atoms with Gasteiger partial charge in [-0.2, -0.15) is 0 Å². The van der Waals surface area contributed by atoms with Crippen molar-refractivity contribution in [2.75, 3.05) is 6.54 Å². The summed E-state index contributed by atoms with van der Waals surface area (Å²) in [7, 11) is -3.75. The van der Waals surface area contributed by atoms with Crippen LogP contribution in [0.15, 0.2) is 9.59 Å². The van der Waals surface area contributed by atoms with Crippen molar-refractivity contribution in [3.63, 3.8) is 0 Å². The molecular weight excluding hydrogens is 296 g/mol. The molecule has 0 radical (unpaired) electrons. The standard InChI is InChI=1S/C13H20N2O3S2/c1-8(2)6-15(10-4-5-10)12(16)11-7-19-13(9(11)3)20(14,17)18/h7-8,10H,4-6H2,1-3H3,(H2,14,17,18). The van der Waals surface area contributed by atoms with E-state index in [1.807, 2.05) is 4.90 Å². The predicted molar refractivity (Wildman–Crippen MR) is 79.3 cm³/mol. The average Bonchev–Trinajstić information content (AvgIpc) is 3.06. The van der Waals surface area contributed by atoms with Crippen molar-refractivity contribution in [3.05, 3.63) is 16.5 Å². The number of thiophene rings is 1. The van der Waals surface area contributed by atoms with Crippen LogP contribution in [0.5, 0.6) is 0 Å². The van der Waals surface area contributed by atoms with Gasteiger partial charge in [0.05, 0.1) is 5.56 Å². The molecule has 0 spiro atoms. The smallest absolute Gasteiger partial charge is 0.255 e. The van der Waals surface area contributed by atoms with Gasteiger partial charge in [-0.3, -0.25) is 4.79 Å². The van der Waals surface area contributed by atoms with Crippen molar-refractivity contribution in [1.29, 1.82) is 0 Å². The lowest BCUT2D eigenvalue weighted by atomic mass is 10.1. The van der Waals surface area contributed by atoms with Crippen molar-refractivity contribution in [1.82, 2.24) is 4.90 Å². The maximum Gasteiger partial charge on any atom is 0.255 e. The van der Waals surface area contributed by atoms with Gasteiger partial charge in [0.15, 0.2) is 0 Å². The van der Waals surface area contributed by atoms with E-state index in [1.54, 1.807) is 12.3 Å². The molecule has 0 bridgehead atoms. The molecule has 0 saturated heterocycles. The summed E-state index contributed by atoms with van der Waals surface area (Å²) in [6.07, 6.45) is 2.06. The molecule has 1 aliphatic rings. The SMILES string of the molecule is Cc1c(C(=O)N(CC(C)C)C2CC2)csc1S(N)(=O)=O. The molecule has 5 nitrogen and oxygen atoms in total. The van der Waals surface area contributed by atoms with Gasteiger partial charge in [0.2, 0.25) is 10.0 Å². The van der Waals surface area contributed by atoms with E-state index in [0.717, 1.165) is 24.2 Å². The van der Waals surface area contributed by atoms with Gasteiger partial charge in [-0.15, -0.1) is 11.3 Å². The lowest BCUT2D eigenvalue weighted by Gasteiger charge is -2.24. The van der Waals surface area contributed by atoms with E-state index in [2.05, 4.69) is 13.8 Å². The number of rotatable bonds is 5. The van der Waals surface area contributed by atoms with Gasteiger partial charge in [0.25, 0.3) is 5.91 Å². The zero-order valence-corrected chi connectivity index (χ0v) is 13.6. The highest BCUT2D eigenvalue weighted by Crippen LogP contribution is 2.32. The van der Waals surface area contributed by atoms with Crippen molar-refractivity contribution >= 4 is 27.3 Å². The van der Waals surface area contributed by atoms with Crippen LogP contribution in [0.4, 0.5) is 0 Å². The quantitative estimate of drug-likeness (QED) is 0.901. The van der Waals surface area contributed by atoms with Crippen LogP contribution in [0.25, 0.3) is 0 Å². The van der Waals surface area contributed by atoms with Crippen LogP contribution in [0.1, 0.15) is 42.6 Å². The van der Waals surface area contributed by atoms with Crippen molar-refractivity contribution in [3.8, 4) is 0 Å². The van der Waals surface area contributed by atoms with Gasteiger partial charge in [-0.05, 0) is 31.2 Å². The van der Waals surface area contributed by atoms with E-state index in [1.165, 1.54) is 0 Å². The summed E-state index contributed by atoms with van der Waals surface area (Å²) in [5.74, 6) is 0.307. The van der Waals surface area contributed by atoms with E-state index < -0.39 is 10.0 Å². The number of carbonyl (C=O) groups excluding carboxylic acids is 1. The van der Waals surface area contributed by atoms with Crippen LogP contribution >= 0.6 is 11.3 Å². The number of primary sulfonamides is 1. The van der Waals surface area contributed by atoms with Crippen molar-refractivity contribution in [2.45, 2.75) is 43.9 Å². The first-order chi connectivity index (χ1) is 9.21. The van der Waals surface area contributed by atoms with Crippen LogP contribution in [0.2, 0.25) is 0 Å². The van der Waals surface area contributed by atoms with E-state index in [0.29, 0.717) is 29.6 Å². The number of carbonyl (C=O) groups is 1. The van der Waals surface area contributed by atoms with Gasteiger partial charge in [0.1, 0.15) is 4.21 Å². The monoisotopic (exact) mass is 316 g/mol. The fourth-order valence-electron chi connectivity index (χ4n) is 2.22. The lowest BCUT2D eigenvalue weighted by Crippen LogP contribution is -2.36. The molecule has 1 amide bonds. The van der Waals surface area contributed by atoms with Crippen LogP contribution in [0, 0.1) is 12.8 Å². The Kier molecular flexibility index (Phi) is 4.22. The summed E-state index contributed by atoms with van der Waals surface area (Å²) in [5, 5.41) is 6.76. The van der Waals surface area contributed by atoms with Gasteiger partial charge in [-0.25, -0.2) is 13.6 Å². The highest BCUT2D eigenvalue weighted by atomic mass is 32.2. The number of hydrogen-bond donors (Lipinski definition) is 1. The summed E-state index contributed by atoms with van der Waals surface area (Å²) in [5.41, 5.74) is 0.934. The number of nitrogens with two attached hydrogens (primary N) is 1. The Labute approximate surface area is 123 Å². The molecule has 0 unspecified atom stereocenters. The van der Waals surface area contributed by atoms with E-state index in [9.17, 15) is 13.2 Å². The molecule has 1 heterocycles. The Morgan fingerprint density at radius 3 is 2.50 bits per heavy atom. The van der Waals surface area contributed by atoms with Crippen LogP contribution in [-0.4, -0.2) is 31.8 Å². The molecule has 0 atom stereocenters. The maximum absolute atomic E-state index is 12.6. The average molecular weight is 316 g/mol. The Morgan fingerprint density at radius 2 is 2.10 bits per heavy atom.